The summed E-state index contributed by atoms with van der Waals surface area (Å²) in [7, 11) is -2.33. The smallest absolute Gasteiger partial charge is 0.260 e. The van der Waals surface area contributed by atoms with E-state index in [4.69, 9.17) is 0 Å². The lowest BCUT2D eigenvalue weighted by atomic mass is 10.4. The number of aromatic amines is 1. The Bertz CT molecular complexity index is 524. The molecule has 8 heteroatoms. The van der Waals surface area contributed by atoms with Gasteiger partial charge in [-0.2, -0.15) is 4.31 Å². The van der Waals surface area contributed by atoms with E-state index in [1.807, 2.05) is 13.8 Å². The van der Waals surface area contributed by atoms with Crippen LogP contribution in [0.2, 0.25) is 0 Å². The first-order valence-electron chi connectivity index (χ1n) is 6.18. The zero-order valence-electron chi connectivity index (χ0n) is 11.4. The van der Waals surface area contributed by atoms with Crippen molar-refractivity contribution in [1.82, 2.24) is 19.6 Å². The van der Waals surface area contributed by atoms with Crippen LogP contribution < -0.4 is 5.32 Å². The second kappa shape index (κ2) is 6.67. The lowest BCUT2D eigenvalue weighted by Gasteiger charge is -2.15. The molecule has 1 amide bonds. The first-order chi connectivity index (χ1) is 8.91. The van der Waals surface area contributed by atoms with E-state index in [2.05, 4.69) is 15.3 Å². The Balaban J connectivity index is 2.74. The molecule has 0 saturated carbocycles. The van der Waals surface area contributed by atoms with Gasteiger partial charge in [0, 0.05) is 20.0 Å². The van der Waals surface area contributed by atoms with Crippen molar-refractivity contribution in [3.05, 3.63) is 12.0 Å². The van der Waals surface area contributed by atoms with Crippen molar-refractivity contribution in [3.8, 4) is 0 Å². The number of hydrogen-bond acceptors (Lipinski definition) is 4. The van der Waals surface area contributed by atoms with Gasteiger partial charge in [-0.15, -0.1) is 0 Å². The number of aromatic nitrogens is 2. The molecule has 0 bridgehead atoms. The number of aryl methyl sites for hydroxylation is 1. The summed E-state index contributed by atoms with van der Waals surface area (Å²) in [5, 5.41) is 2.64. The Hall–Kier alpha value is -1.41. The second-order valence-electron chi connectivity index (χ2n) is 4.16. The third-order valence-electron chi connectivity index (χ3n) is 2.57. The van der Waals surface area contributed by atoms with Gasteiger partial charge in [0.1, 0.15) is 5.82 Å². The normalized spacial score (nSPS) is 11.8. The SMILES string of the molecule is CCCNC(=O)CN(C)S(=O)(=O)c1cnc(CC)[nH]1. The summed E-state index contributed by atoms with van der Waals surface area (Å²) in [6, 6.07) is 0. The summed E-state index contributed by atoms with van der Waals surface area (Å²) in [4.78, 5) is 18.2. The first kappa shape index (κ1) is 15.6. The third kappa shape index (κ3) is 4.03. The minimum absolute atomic E-state index is 0.00939. The zero-order valence-corrected chi connectivity index (χ0v) is 12.2. The highest BCUT2D eigenvalue weighted by atomic mass is 32.2. The standard InChI is InChI=1S/C11H20N4O3S/c1-4-6-12-10(16)8-15(3)19(17,18)11-7-13-9(5-2)14-11/h7H,4-6,8H2,1-3H3,(H,12,16)(H,13,14). The number of rotatable bonds is 7. The molecule has 7 nitrogen and oxygen atoms in total. The van der Waals surface area contributed by atoms with Gasteiger partial charge >= 0.3 is 0 Å². The Kier molecular flexibility index (Phi) is 5.49. The second-order valence-corrected chi connectivity index (χ2v) is 6.17. The van der Waals surface area contributed by atoms with Crippen LogP contribution in [0, 0.1) is 0 Å². The molecule has 0 aliphatic rings. The molecule has 0 spiro atoms. The predicted molar refractivity (Wildman–Crippen MR) is 71.1 cm³/mol. The van der Waals surface area contributed by atoms with Crippen molar-refractivity contribution in [2.24, 2.45) is 0 Å². The zero-order chi connectivity index (χ0) is 14.5. The highest BCUT2D eigenvalue weighted by Gasteiger charge is 2.24. The molecular weight excluding hydrogens is 268 g/mol. The van der Waals surface area contributed by atoms with Crippen molar-refractivity contribution >= 4 is 15.9 Å². The maximum absolute atomic E-state index is 12.1. The van der Waals surface area contributed by atoms with Gasteiger partial charge in [0.2, 0.25) is 5.91 Å². The lowest BCUT2D eigenvalue weighted by Crippen LogP contribution is -2.38. The van der Waals surface area contributed by atoms with Gasteiger partial charge in [-0.3, -0.25) is 4.79 Å². The van der Waals surface area contributed by atoms with Crippen LogP contribution in [0.3, 0.4) is 0 Å². The molecular formula is C11H20N4O3S. The summed E-state index contributed by atoms with van der Waals surface area (Å²) in [6.45, 7) is 4.13. The van der Waals surface area contributed by atoms with E-state index in [9.17, 15) is 13.2 Å². The summed E-state index contributed by atoms with van der Waals surface area (Å²) in [5.41, 5.74) is 0. The van der Waals surface area contributed by atoms with Crippen molar-refractivity contribution in [1.29, 1.82) is 0 Å². The Morgan fingerprint density at radius 2 is 2.16 bits per heavy atom. The number of carbonyl (C=O) groups excluding carboxylic acids is 1. The molecule has 108 valence electrons. The molecule has 1 aromatic heterocycles. The number of carbonyl (C=O) groups is 1. The van der Waals surface area contributed by atoms with E-state index in [1.54, 1.807) is 0 Å². The molecule has 0 atom stereocenters. The fourth-order valence-electron chi connectivity index (χ4n) is 1.43. The number of amides is 1. The van der Waals surface area contributed by atoms with Crippen LogP contribution >= 0.6 is 0 Å². The van der Waals surface area contributed by atoms with Crippen molar-refractivity contribution in [2.45, 2.75) is 31.7 Å². The monoisotopic (exact) mass is 288 g/mol. The number of hydrogen-bond donors (Lipinski definition) is 2. The lowest BCUT2D eigenvalue weighted by molar-refractivity contribution is -0.121. The van der Waals surface area contributed by atoms with Gasteiger partial charge in [-0.05, 0) is 6.42 Å². The van der Waals surface area contributed by atoms with E-state index in [1.165, 1.54) is 13.2 Å². The topological polar surface area (TPSA) is 95.2 Å². The molecule has 1 aromatic rings. The van der Waals surface area contributed by atoms with Crippen LogP contribution in [0.4, 0.5) is 0 Å². The predicted octanol–water partition coefficient (Wildman–Crippen LogP) is 0.119. The number of sulfonamides is 1. The molecule has 0 radical (unpaired) electrons. The number of nitrogens with one attached hydrogen (secondary N) is 2. The van der Waals surface area contributed by atoms with Gasteiger partial charge in [0.25, 0.3) is 10.0 Å². The van der Waals surface area contributed by atoms with Crippen molar-refractivity contribution in [3.63, 3.8) is 0 Å². The van der Waals surface area contributed by atoms with E-state index in [-0.39, 0.29) is 17.5 Å². The minimum atomic E-state index is -3.69. The molecule has 0 fully saturated rings. The van der Waals surface area contributed by atoms with Crippen LogP contribution in [-0.2, 0) is 21.2 Å². The summed E-state index contributed by atoms with van der Waals surface area (Å²) < 4.78 is 25.3. The van der Waals surface area contributed by atoms with Crippen molar-refractivity contribution in [2.75, 3.05) is 20.1 Å². The average Bonchev–Trinajstić information content (AvgIpc) is 2.85. The van der Waals surface area contributed by atoms with Crippen LogP contribution in [0.15, 0.2) is 11.2 Å². The molecule has 1 heterocycles. The highest BCUT2D eigenvalue weighted by molar-refractivity contribution is 7.89. The maximum Gasteiger partial charge on any atom is 0.260 e. The number of nitrogens with zero attached hydrogens (tertiary/aromatic N) is 2. The van der Waals surface area contributed by atoms with Gasteiger partial charge in [-0.1, -0.05) is 13.8 Å². The number of imidazole rings is 1. The fraction of sp³-hybridized carbons (Fsp3) is 0.636. The summed E-state index contributed by atoms with van der Waals surface area (Å²) >= 11 is 0. The molecule has 0 aliphatic heterocycles. The molecule has 0 aromatic carbocycles. The molecule has 0 unspecified atom stereocenters. The van der Waals surface area contributed by atoms with Crippen LogP contribution in [0.5, 0.6) is 0 Å². The average molecular weight is 288 g/mol. The van der Waals surface area contributed by atoms with Gasteiger partial charge in [0.05, 0.1) is 12.7 Å². The largest absolute Gasteiger partial charge is 0.355 e. The summed E-state index contributed by atoms with van der Waals surface area (Å²) in [6.07, 6.45) is 2.70. The molecule has 2 N–H and O–H groups in total. The first-order valence-corrected chi connectivity index (χ1v) is 7.62. The number of H-pyrrole nitrogens is 1. The molecule has 1 rings (SSSR count). The fourth-order valence-corrected chi connectivity index (χ4v) is 2.49. The van der Waals surface area contributed by atoms with E-state index >= 15 is 0 Å². The number of likely N-dealkylation sites (N-methyl/N-ethyl adjacent to an activating group) is 1. The molecule has 0 aliphatic carbocycles. The van der Waals surface area contributed by atoms with Crippen LogP contribution in [-0.4, -0.2) is 48.7 Å². The van der Waals surface area contributed by atoms with Crippen LogP contribution in [0.1, 0.15) is 26.1 Å². The Morgan fingerprint density at radius 1 is 1.47 bits per heavy atom. The minimum Gasteiger partial charge on any atom is -0.355 e. The molecule has 0 saturated heterocycles. The third-order valence-corrected chi connectivity index (χ3v) is 4.28. The Morgan fingerprint density at radius 3 is 2.68 bits per heavy atom. The van der Waals surface area contributed by atoms with Gasteiger partial charge in [0.15, 0.2) is 5.03 Å². The van der Waals surface area contributed by atoms with E-state index in [0.29, 0.717) is 18.8 Å². The maximum atomic E-state index is 12.1. The molecule has 19 heavy (non-hydrogen) atoms. The van der Waals surface area contributed by atoms with E-state index in [0.717, 1.165) is 10.7 Å². The highest BCUT2D eigenvalue weighted by Crippen LogP contribution is 2.11. The van der Waals surface area contributed by atoms with Gasteiger partial charge < -0.3 is 10.3 Å². The van der Waals surface area contributed by atoms with Crippen molar-refractivity contribution < 1.29 is 13.2 Å². The van der Waals surface area contributed by atoms with Gasteiger partial charge in [-0.25, -0.2) is 13.4 Å². The summed E-state index contributed by atoms with van der Waals surface area (Å²) in [5.74, 6) is 0.283. The quantitative estimate of drug-likeness (QED) is 0.745. The van der Waals surface area contributed by atoms with Crippen LogP contribution in [0.25, 0.3) is 0 Å². The van der Waals surface area contributed by atoms with E-state index < -0.39 is 10.0 Å². The Labute approximate surface area is 113 Å².